The van der Waals surface area contributed by atoms with Crippen molar-refractivity contribution < 1.29 is 0 Å². The fourth-order valence-electron chi connectivity index (χ4n) is 3.30. The Morgan fingerprint density at radius 2 is 1.91 bits per heavy atom. The Morgan fingerprint density at radius 3 is 2.59 bits per heavy atom. The van der Waals surface area contributed by atoms with Crippen molar-refractivity contribution in [3.63, 3.8) is 0 Å². The van der Waals surface area contributed by atoms with Crippen molar-refractivity contribution in [2.45, 2.75) is 31.6 Å². The minimum atomic E-state index is 0.387. The smallest absolute Gasteiger partial charge is 0.220 e. The molecule has 1 unspecified atom stereocenters. The average Bonchev–Trinajstić information content (AvgIpc) is 2.56. The third-order valence-electron chi connectivity index (χ3n) is 4.60. The van der Waals surface area contributed by atoms with Crippen LogP contribution in [0.1, 0.15) is 42.9 Å². The molecule has 4 heteroatoms. The number of hydrogen-bond acceptors (Lipinski definition) is 4. The molecule has 1 fully saturated rings. The summed E-state index contributed by atoms with van der Waals surface area (Å²) in [4.78, 5) is 10.9. The summed E-state index contributed by atoms with van der Waals surface area (Å²) >= 11 is 0. The van der Waals surface area contributed by atoms with E-state index in [1.165, 1.54) is 5.56 Å². The van der Waals surface area contributed by atoms with E-state index in [-0.39, 0.29) is 0 Å². The number of aromatic nitrogens is 2. The maximum absolute atomic E-state index is 5.69. The zero-order valence-corrected chi connectivity index (χ0v) is 13.2. The molecule has 2 aromatic rings. The van der Waals surface area contributed by atoms with Crippen LogP contribution in [0, 0.1) is 0 Å². The summed E-state index contributed by atoms with van der Waals surface area (Å²) in [6, 6.07) is 12.8. The molecule has 0 radical (unpaired) electrons. The van der Waals surface area contributed by atoms with Crippen molar-refractivity contribution in [1.82, 2.24) is 14.9 Å². The average molecular weight is 296 g/mol. The summed E-state index contributed by atoms with van der Waals surface area (Å²) < 4.78 is 0. The topological polar surface area (TPSA) is 55.0 Å². The predicted molar refractivity (Wildman–Crippen MR) is 89.7 cm³/mol. The second-order valence-electron chi connectivity index (χ2n) is 6.23. The number of piperidine rings is 1. The Bertz CT molecular complexity index is 591. The van der Waals surface area contributed by atoms with Crippen molar-refractivity contribution >= 4 is 5.95 Å². The molecule has 2 N–H and O–H groups in total. The molecule has 1 saturated heterocycles. The van der Waals surface area contributed by atoms with Gasteiger partial charge in [0.15, 0.2) is 0 Å². The van der Waals surface area contributed by atoms with Crippen LogP contribution in [0.4, 0.5) is 5.95 Å². The molecule has 0 aliphatic carbocycles. The minimum Gasteiger partial charge on any atom is -0.368 e. The lowest BCUT2D eigenvalue weighted by atomic mass is 9.92. The molecule has 0 bridgehead atoms. The maximum Gasteiger partial charge on any atom is 0.220 e. The molecule has 1 atom stereocenters. The van der Waals surface area contributed by atoms with E-state index in [1.54, 1.807) is 6.20 Å². The van der Waals surface area contributed by atoms with E-state index in [9.17, 15) is 0 Å². The summed E-state index contributed by atoms with van der Waals surface area (Å²) in [6.07, 6.45) is 4.07. The minimum absolute atomic E-state index is 0.387. The van der Waals surface area contributed by atoms with E-state index >= 15 is 0 Å². The van der Waals surface area contributed by atoms with Gasteiger partial charge in [-0.1, -0.05) is 37.3 Å². The summed E-state index contributed by atoms with van der Waals surface area (Å²) in [7, 11) is 0. The first-order valence-electron chi connectivity index (χ1n) is 8.08. The number of hydrogen-bond donors (Lipinski definition) is 1. The van der Waals surface area contributed by atoms with Gasteiger partial charge in [-0.15, -0.1) is 0 Å². The summed E-state index contributed by atoms with van der Waals surface area (Å²) in [6.45, 7) is 5.70. The fraction of sp³-hybridized carbons (Fsp3) is 0.444. The second-order valence-corrected chi connectivity index (χ2v) is 6.23. The molecule has 116 valence electrons. The lowest BCUT2D eigenvalue weighted by Crippen LogP contribution is -2.35. The summed E-state index contributed by atoms with van der Waals surface area (Å²) in [5, 5.41) is 0. The van der Waals surface area contributed by atoms with Crippen molar-refractivity contribution in [3.8, 4) is 0 Å². The molecule has 3 rings (SSSR count). The van der Waals surface area contributed by atoms with Gasteiger partial charge in [0, 0.05) is 24.4 Å². The molecule has 0 amide bonds. The van der Waals surface area contributed by atoms with E-state index in [4.69, 9.17) is 5.73 Å². The highest BCUT2D eigenvalue weighted by Crippen LogP contribution is 2.28. The van der Waals surface area contributed by atoms with Gasteiger partial charge in [0.25, 0.3) is 0 Å². The van der Waals surface area contributed by atoms with Gasteiger partial charge < -0.3 is 10.6 Å². The van der Waals surface area contributed by atoms with E-state index in [0.717, 1.165) is 38.2 Å². The Hall–Kier alpha value is -1.94. The number of nitrogens with zero attached hydrogens (tertiary/aromatic N) is 3. The third-order valence-corrected chi connectivity index (χ3v) is 4.60. The Labute approximate surface area is 132 Å². The van der Waals surface area contributed by atoms with Gasteiger partial charge in [-0.2, -0.15) is 0 Å². The molecular weight excluding hydrogens is 272 g/mol. The fourth-order valence-corrected chi connectivity index (χ4v) is 3.30. The third kappa shape index (κ3) is 3.63. The van der Waals surface area contributed by atoms with Gasteiger partial charge >= 0.3 is 0 Å². The lowest BCUT2D eigenvalue weighted by Gasteiger charge is -2.33. The molecule has 2 heterocycles. The summed E-state index contributed by atoms with van der Waals surface area (Å²) in [5.41, 5.74) is 8.21. The number of nitrogen functional groups attached to an aromatic ring is 1. The molecular formula is C18H24N4. The standard InChI is InChI=1S/C18H24N4/c1-14(15-5-3-2-4-6-15)13-22-11-8-16(9-12-22)17-7-10-20-18(19)21-17/h2-7,10,14,16H,8-9,11-13H2,1H3,(H2,19,20,21). The van der Waals surface area contributed by atoms with Crippen LogP contribution in [0.3, 0.4) is 0 Å². The van der Waals surface area contributed by atoms with Crippen LogP contribution in [0.5, 0.6) is 0 Å². The number of likely N-dealkylation sites (tertiary alicyclic amines) is 1. The Kier molecular flexibility index (Phi) is 4.68. The lowest BCUT2D eigenvalue weighted by molar-refractivity contribution is 0.202. The number of benzene rings is 1. The molecule has 0 saturated carbocycles. The van der Waals surface area contributed by atoms with E-state index in [1.807, 2.05) is 6.07 Å². The van der Waals surface area contributed by atoms with Gasteiger partial charge in [0.05, 0.1) is 0 Å². The zero-order valence-electron chi connectivity index (χ0n) is 13.2. The highest BCUT2D eigenvalue weighted by molar-refractivity contribution is 5.21. The van der Waals surface area contributed by atoms with Gasteiger partial charge in [-0.25, -0.2) is 9.97 Å². The maximum atomic E-state index is 5.69. The number of rotatable bonds is 4. The van der Waals surface area contributed by atoms with E-state index in [2.05, 4.69) is 52.1 Å². The quantitative estimate of drug-likeness (QED) is 0.942. The van der Waals surface area contributed by atoms with Crippen LogP contribution in [0.15, 0.2) is 42.6 Å². The van der Waals surface area contributed by atoms with Crippen LogP contribution in [-0.2, 0) is 0 Å². The SMILES string of the molecule is CC(CN1CCC(c2ccnc(N)n2)CC1)c1ccccc1. The molecule has 1 aliphatic heterocycles. The molecule has 0 spiro atoms. The first-order valence-corrected chi connectivity index (χ1v) is 8.08. The Balaban J connectivity index is 1.54. The highest BCUT2D eigenvalue weighted by Gasteiger charge is 2.23. The Morgan fingerprint density at radius 1 is 1.18 bits per heavy atom. The monoisotopic (exact) mass is 296 g/mol. The first kappa shape index (κ1) is 15.0. The van der Waals surface area contributed by atoms with Gasteiger partial charge in [0.1, 0.15) is 0 Å². The van der Waals surface area contributed by atoms with E-state index < -0.39 is 0 Å². The van der Waals surface area contributed by atoms with Gasteiger partial charge in [0.2, 0.25) is 5.95 Å². The normalized spacial score (nSPS) is 18.2. The van der Waals surface area contributed by atoms with Crippen molar-refractivity contribution in [3.05, 3.63) is 53.9 Å². The van der Waals surface area contributed by atoms with Crippen LogP contribution in [-0.4, -0.2) is 34.5 Å². The van der Waals surface area contributed by atoms with Crippen molar-refractivity contribution in [2.24, 2.45) is 0 Å². The molecule has 1 aliphatic rings. The molecule has 1 aromatic heterocycles. The van der Waals surface area contributed by atoms with Crippen molar-refractivity contribution in [2.75, 3.05) is 25.4 Å². The van der Waals surface area contributed by atoms with Crippen molar-refractivity contribution in [1.29, 1.82) is 0 Å². The molecule has 1 aromatic carbocycles. The van der Waals surface area contributed by atoms with E-state index in [0.29, 0.717) is 17.8 Å². The second kappa shape index (κ2) is 6.88. The van der Waals surface area contributed by atoms with Crippen LogP contribution in [0.25, 0.3) is 0 Å². The molecule has 4 nitrogen and oxygen atoms in total. The van der Waals surface area contributed by atoms with Crippen LogP contribution >= 0.6 is 0 Å². The number of anilines is 1. The first-order chi connectivity index (χ1) is 10.7. The van der Waals surface area contributed by atoms with Crippen LogP contribution < -0.4 is 5.73 Å². The number of nitrogens with two attached hydrogens (primary N) is 1. The zero-order chi connectivity index (χ0) is 15.4. The van der Waals surface area contributed by atoms with Gasteiger partial charge in [-0.05, 0) is 43.5 Å². The van der Waals surface area contributed by atoms with Crippen LogP contribution in [0.2, 0.25) is 0 Å². The highest BCUT2D eigenvalue weighted by atomic mass is 15.1. The molecule has 22 heavy (non-hydrogen) atoms. The largest absolute Gasteiger partial charge is 0.368 e. The summed E-state index contributed by atoms with van der Waals surface area (Å²) in [5.74, 6) is 1.48. The predicted octanol–water partition coefficient (Wildman–Crippen LogP) is 3.04. The van der Waals surface area contributed by atoms with Gasteiger partial charge in [-0.3, -0.25) is 0 Å².